The first-order valence-electron chi connectivity index (χ1n) is 4.13. The van der Waals surface area contributed by atoms with Crippen molar-refractivity contribution in [3.05, 3.63) is 0 Å². The van der Waals surface area contributed by atoms with Crippen molar-refractivity contribution in [3.8, 4) is 12.3 Å². The van der Waals surface area contributed by atoms with Gasteiger partial charge in [-0.05, 0) is 6.92 Å². The van der Waals surface area contributed by atoms with E-state index in [0.29, 0.717) is 6.54 Å². The van der Waals surface area contributed by atoms with Crippen molar-refractivity contribution in [1.82, 2.24) is 10.6 Å². The Kier molecular flexibility index (Phi) is 6.16. The molecule has 14 heavy (non-hydrogen) atoms. The van der Waals surface area contributed by atoms with Gasteiger partial charge in [0.15, 0.2) is 0 Å². The van der Waals surface area contributed by atoms with Crippen LogP contribution in [0.1, 0.15) is 6.92 Å². The quantitative estimate of drug-likeness (QED) is 0.334. The molecule has 0 aliphatic heterocycles. The van der Waals surface area contributed by atoms with Gasteiger partial charge in [0.05, 0.1) is 20.2 Å². The van der Waals surface area contributed by atoms with Gasteiger partial charge in [0.2, 0.25) is 5.91 Å². The zero-order valence-corrected chi connectivity index (χ0v) is 8.29. The summed E-state index contributed by atoms with van der Waals surface area (Å²) in [6, 6.07) is -0.639. The lowest BCUT2D eigenvalue weighted by atomic mass is 10.3. The second-order valence-corrected chi connectivity index (χ2v) is 2.62. The number of ether oxygens (including phenoxy) is 1. The molecule has 0 bridgehead atoms. The SMILES string of the molecule is C#CCNCC(=O)NC(C)C(=O)OC. The molecule has 0 aromatic heterocycles. The first-order valence-corrected chi connectivity index (χ1v) is 4.13. The number of hydrogen-bond donors (Lipinski definition) is 2. The third-order valence-corrected chi connectivity index (χ3v) is 1.44. The van der Waals surface area contributed by atoms with Crippen LogP contribution in [0.15, 0.2) is 0 Å². The largest absolute Gasteiger partial charge is 0.467 e. The van der Waals surface area contributed by atoms with E-state index in [1.165, 1.54) is 7.11 Å². The Balaban J connectivity index is 3.72. The molecule has 0 radical (unpaired) electrons. The summed E-state index contributed by atoms with van der Waals surface area (Å²) in [5.74, 6) is 1.56. The fraction of sp³-hybridized carbons (Fsp3) is 0.556. The van der Waals surface area contributed by atoms with Crippen LogP contribution < -0.4 is 10.6 Å². The molecule has 0 heterocycles. The van der Waals surface area contributed by atoms with Crippen LogP contribution >= 0.6 is 0 Å². The number of hydrogen-bond acceptors (Lipinski definition) is 4. The summed E-state index contributed by atoms with van der Waals surface area (Å²) in [5.41, 5.74) is 0. The smallest absolute Gasteiger partial charge is 0.328 e. The Morgan fingerprint density at radius 3 is 2.71 bits per heavy atom. The topological polar surface area (TPSA) is 67.4 Å². The molecule has 1 amide bonds. The molecule has 0 fully saturated rings. The lowest BCUT2D eigenvalue weighted by Crippen LogP contribution is -2.43. The molecule has 0 aliphatic rings. The van der Waals surface area contributed by atoms with Crippen molar-refractivity contribution in [3.63, 3.8) is 0 Å². The Labute approximate surface area is 83.2 Å². The van der Waals surface area contributed by atoms with Crippen molar-refractivity contribution in [2.75, 3.05) is 20.2 Å². The van der Waals surface area contributed by atoms with Crippen LogP contribution in [0.25, 0.3) is 0 Å². The van der Waals surface area contributed by atoms with Gasteiger partial charge in [0.1, 0.15) is 6.04 Å². The average molecular weight is 198 g/mol. The number of terminal acetylenes is 1. The van der Waals surface area contributed by atoms with E-state index in [9.17, 15) is 9.59 Å². The van der Waals surface area contributed by atoms with Crippen LogP contribution in [-0.4, -0.2) is 38.1 Å². The minimum Gasteiger partial charge on any atom is -0.467 e. The molecule has 0 saturated carbocycles. The first-order chi connectivity index (χ1) is 6.61. The van der Waals surface area contributed by atoms with Gasteiger partial charge in [0, 0.05) is 0 Å². The molecule has 0 spiro atoms. The van der Waals surface area contributed by atoms with E-state index >= 15 is 0 Å². The highest BCUT2D eigenvalue weighted by atomic mass is 16.5. The minimum absolute atomic E-state index is 0.0888. The molecule has 0 rings (SSSR count). The lowest BCUT2D eigenvalue weighted by molar-refractivity contribution is -0.144. The molecule has 78 valence electrons. The molecular formula is C9H14N2O3. The lowest BCUT2D eigenvalue weighted by Gasteiger charge is -2.11. The van der Waals surface area contributed by atoms with Gasteiger partial charge in [-0.3, -0.25) is 10.1 Å². The number of methoxy groups -OCH3 is 1. The normalized spacial score (nSPS) is 11.2. The zero-order valence-electron chi connectivity index (χ0n) is 8.29. The van der Waals surface area contributed by atoms with Crippen LogP contribution in [-0.2, 0) is 14.3 Å². The molecule has 1 atom stereocenters. The summed E-state index contributed by atoms with van der Waals surface area (Å²) < 4.78 is 4.43. The van der Waals surface area contributed by atoms with E-state index in [1.807, 2.05) is 0 Å². The number of carbonyl (C=O) groups is 2. The maximum absolute atomic E-state index is 11.1. The standard InChI is InChI=1S/C9H14N2O3/c1-4-5-10-6-8(12)11-7(2)9(13)14-3/h1,7,10H,5-6H2,2-3H3,(H,11,12). The highest BCUT2D eigenvalue weighted by Gasteiger charge is 2.14. The Hall–Kier alpha value is -1.54. The Bertz CT molecular complexity index is 245. The number of nitrogens with one attached hydrogen (secondary N) is 2. The van der Waals surface area contributed by atoms with Gasteiger partial charge in [-0.15, -0.1) is 6.42 Å². The maximum atomic E-state index is 11.1. The number of esters is 1. The average Bonchev–Trinajstić information content (AvgIpc) is 2.16. The van der Waals surface area contributed by atoms with Gasteiger partial charge >= 0.3 is 5.97 Å². The molecule has 5 nitrogen and oxygen atoms in total. The van der Waals surface area contributed by atoms with Crippen LogP contribution in [0.2, 0.25) is 0 Å². The molecular weight excluding hydrogens is 184 g/mol. The van der Waals surface area contributed by atoms with Crippen molar-refractivity contribution in [1.29, 1.82) is 0 Å². The summed E-state index contributed by atoms with van der Waals surface area (Å²) in [6.07, 6.45) is 4.97. The third kappa shape index (κ3) is 5.17. The summed E-state index contributed by atoms with van der Waals surface area (Å²) in [5, 5.41) is 5.14. The Morgan fingerprint density at radius 1 is 1.57 bits per heavy atom. The monoisotopic (exact) mass is 198 g/mol. The minimum atomic E-state index is -0.639. The predicted molar refractivity (Wildman–Crippen MR) is 51.3 cm³/mol. The number of amides is 1. The van der Waals surface area contributed by atoms with Gasteiger partial charge in [-0.25, -0.2) is 4.79 Å². The Morgan fingerprint density at radius 2 is 2.21 bits per heavy atom. The molecule has 0 saturated heterocycles. The molecule has 2 N–H and O–H groups in total. The number of carbonyl (C=O) groups excluding carboxylic acids is 2. The van der Waals surface area contributed by atoms with Crippen LogP contribution in [0.5, 0.6) is 0 Å². The second kappa shape index (κ2) is 6.92. The van der Waals surface area contributed by atoms with Crippen molar-refractivity contribution in [2.45, 2.75) is 13.0 Å². The van der Waals surface area contributed by atoms with E-state index < -0.39 is 12.0 Å². The number of rotatable bonds is 5. The van der Waals surface area contributed by atoms with E-state index in [-0.39, 0.29) is 12.5 Å². The van der Waals surface area contributed by atoms with Crippen LogP contribution in [0.3, 0.4) is 0 Å². The highest BCUT2D eigenvalue weighted by Crippen LogP contribution is 1.84. The van der Waals surface area contributed by atoms with E-state index in [4.69, 9.17) is 6.42 Å². The van der Waals surface area contributed by atoms with Crippen molar-refractivity contribution >= 4 is 11.9 Å². The highest BCUT2D eigenvalue weighted by molar-refractivity contribution is 5.85. The van der Waals surface area contributed by atoms with Gasteiger partial charge in [-0.2, -0.15) is 0 Å². The summed E-state index contributed by atoms with van der Waals surface area (Å²) in [6.45, 7) is 1.95. The third-order valence-electron chi connectivity index (χ3n) is 1.44. The molecule has 5 heteroatoms. The fourth-order valence-electron chi connectivity index (χ4n) is 0.776. The predicted octanol–water partition coefficient (Wildman–Crippen LogP) is -1.11. The van der Waals surface area contributed by atoms with Crippen molar-refractivity contribution < 1.29 is 14.3 Å². The van der Waals surface area contributed by atoms with Gasteiger partial charge < -0.3 is 10.1 Å². The van der Waals surface area contributed by atoms with E-state index in [2.05, 4.69) is 21.3 Å². The maximum Gasteiger partial charge on any atom is 0.328 e. The van der Waals surface area contributed by atoms with Crippen LogP contribution in [0.4, 0.5) is 0 Å². The van der Waals surface area contributed by atoms with E-state index in [0.717, 1.165) is 0 Å². The van der Waals surface area contributed by atoms with E-state index in [1.54, 1.807) is 6.92 Å². The summed E-state index contributed by atoms with van der Waals surface area (Å²) in [7, 11) is 1.27. The second-order valence-electron chi connectivity index (χ2n) is 2.62. The zero-order chi connectivity index (χ0) is 11.0. The summed E-state index contributed by atoms with van der Waals surface area (Å²) in [4.78, 5) is 22.0. The fourth-order valence-corrected chi connectivity index (χ4v) is 0.776. The van der Waals surface area contributed by atoms with Gasteiger partial charge in [0.25, 0.3) is 0 Å². The molecule has 1 unspecified atom stereocenters. The first kappa shape index (κ1) is 12.5. The molecule has 0 aliphatic carbocycles. The van der Waals surface area contributed by atoms with Crippen molar-refractivity contribution in [2.24, 2.45) is 0 Å². The summed E-state index contributed by atoms with van der Waals surface area (Å²) >= 11 is 0. The van der Waals surface area contributed by atoms with Crippen LogP contribution in [0, 0.1) is 12.3 Å². The van der Waals surface area contributed by atoms with Gasteiger partial charge in [-0.1, -0.05) is 5.92 Å². The molecule has 0 aromatic rings. The molecule has 0 aromatic carbocycles.